The van der Waals surface area contributed by atoms with Gasteiger partial charge in [0.1, 0.15) is 11.8 Å². The van der Waals surface area contributed by atoms with Crippen LogP contribution >= 0.6 is 0 Å². The van der Waals surface area contributed by atoms with Gasteiger partial charge in [-0.25, -0.2) is 0 Å². The summed E-state index contributed by atoms with van der Waals surface area (Å²) in [6.07, 6.45) is 0.162. The molecule has 0 aliphatic carbocycles. The van der Waals surface area contributed by atoms with Crippen LogP contribution in [0.4, 0.5) is 5.88 Å². The second-order valence-electron chi connectivity index (χ2n) is 6.14. The highest BCUT2D eigenvalue weighted by molar-refractivity contribution is 5.48. The molecule has 1 fully saturated rings. The molecule has 1 aromatic carbocycles. The lowest BCUT2D eigenvalue weighted by Gasteiger charge is -2.34. The summed E-state index contributed by atoms with van der Waals surface area (Å²) in [6.45, 7) is 7.57. The molecule has 6 nitrogen and oxygen atoms in total. The molecule has 0 spiro atoms. The Morgan fingerprint density at radius 1 is 1.25 bits per heavy atom. The van der Waals surface area contributed by atoms with Crippen molar-refractivity contribution in [2.75, 3.05) is 18.0 Å². The maximum absolute atomic E-state index is 9.34. The third-order valence-electron chi connectivity index (χ3n) is 3.85. The quantitative estimate of drug-likeness (QED) is 0.859. The number of rotatable bonds is 4. The highest BCUT2D eigenvalue weighted by Gasteiger charge is 2.27. The largest absolute Gasteiger partial charge is 0.484 e. The number of aryl methyl sites for hydroxylation is 1. The second-order valence-corrected chi connectivity index (χ2v) is 6.14. The first kappa shape index (κ1) is 16.3. The molecule has 6 heteroatoms. The molecule has 1 saturated heterocycles. The van der Waals surface area contributed by atoms with Gasteiger partial charge < -0.3 is 18.8 Å². The fraction of sp³-hybridized carbons (Fsp3) is 0.444. The number of oxazole rings is 1. The molecule has 2 heterocycles. The molecule has 2 aromatic rings. The van der Waals surface area contributed by atoms with E-state index in [2.05, 4.69) is 11.1 Å². The van der Waals surface area contributed by atoms with Crippen molar-refractivity contribution in [2.24, 2.45) is 0 Å². The van der Waals surface area contributed by atoms with Gasteiger partial charge in [-0.2, -0.15) is 10.2 Å². The molecule has 0 amide bonds. The van der Waals surface area contributed by atoms with Gasteiger partial charge in [-0.05, 0) is 32.9 Å². The Balaban J connectivity index is 1.73. The van der Waals surface area contributed by atoms with Crippen LogP contribution in [-0.4, -0.2) is 30.3 Å². The monoisotopic (exact) mass is 327 g/mol. The van der Waals surface area contributed by atoms with E-state index in [0.29, 0.717) is 30.6 Å². The summed E-state index contributed by atoms with van der Waals surface area (Å²) in [6, 6.07) is 9.86. The first-order valence-corrected chi connectivity index (χ1v) is 8.05. The van der Waals surface area contributed by atoms with E-state index in [1.54, 1.807) is 0 Å². The van der Waals surface area contributed by atoms with Crippen molar-refractivity contribution < 1.29 is 13.9 Å². The molecule has 2 atom stereocenters. The lowest BCUT2D eigenvalue weighted by Crippen LogP contribution is -2.45. The van der Waals surface area contributed by atoms with Crippen molar-refractivity contribution in [1.82, 2.24) is 4.98 Å². The lowest BCUT2D eigenvalue weighted by atomic mass is 10.2. The van der Waals surface area contributed by atoms with Gasteiger partial charge in [0.15, 0.2) is 6.61 Å². The van der Waals surface area contributed by atoms with Crippen LogP contribution < -0.4 is 9.64 Å². The molecule has 0 bridgehead atoms. The third kappa shape index (κ3) is 3.69. The normalized spacial score (nSPS) is 20.7. The van der Waals surface area contributed by atoms with Gasteiger partial charge >= 0.3 is 0 Å². The van der Waals surface area contributed by atoms with Crippen molar-refractivity contribution in [3.05, 3.63) is 41.4 Å². The number of benzene rings is 1. The molecule has 1 aromatic heterocycles. The zero-order valence-corrected chi connectivity index (χ0v) is 14.2. The molecule has 1 aliphatic heterocycles. The third-order valence-corrected chi connectivity index (χ3v) is 3.85. The number of nitrogens with zero attached hydrogens (tertiary/aromatic N) is 3. The Hall–Kier alpha value is -2.52. The Bertz CT molecular complexity index is 723. The molecule has 1 aliphatic rings. The lowest BCUT2D eigenvalue weighted by molar-refractivity contribution is -0.00651. The van der Waals surface area contributed by atoms with Crippen LogP contribution in [0, 0.1) is 18.3 Å². The minimum atomic E-state index is 0.0812. The molecular formula is C18H21N3O3. The van der Waals surface area contributed by atoms with Crippen LogP contribution in [-0.2, 0) is 11.3 Å². The van der Waals surface area contributed by atoms with Gasteiger partial charge in [0.25, 0.3) is 0 Å². The number of morpholine rings is 1. The summed E-state index contributed by atoms with van der Waals surface area (Å²) in [5, 5.41) is 9.34. The number of aromatic nitrogens is 1. The summed E-state index contributed by atoms with van der Waals surface area (Å²) >= 11 is 0. The zero-order chi connectivity index (χ0) is 17.1. The van der Waals surface area contributed by atoms with Crippen LogP contribution in [0.5, 0.6) is 5.75 Å². The predicted molar refractivity (Wildman–Crippen MR) is 89.0 cm³/mol. The van der Waals surface area contributed by atoms with Gasteiger partial charge in [-0.1, -0.05) is 17.7 Å². The van der Waals surface area contributed by atoms with E-state index < -0.39 is 0 Å². The molecule has 126 valence electrons. The average Bonchev–Trinajstić information content (AvgIpc) is 2.97. The number of hydrogen-bond donors (Lipinski definition) is 0. The summed E-state index contributed by atoms with van der Waals surface area (Å²) in [5.74, 6) is 1.64. The standard InChI is InChI=1S/C18H21N3O3/c1-12-4-6-15(7-5-12)22-11-17-20-16(8-19)18(24-17)21-9-13(2)23-14(3)10-21/h4-7,13-14H,9-11H2,1-3H3/t13-,14+. The van der Waals surface area contributed by atoms with Crippen LogP contribution in [0.1, 0.15) is 31.0 Å². The highest BCUT2D eigenvalue weighted by Crippen LogP contribution is 2.26. The summed E-state index contributed by atoms with van der Waals surface area (Å²) in [7, 11) is 0. The van der Waals surface area contributed by atoms with Crippen molar-refractivity contribution in [1.29, 1.82) is 5.26 Å². The van der Waals surface area contributed by atoms with Crippen molar-refractivity contribution in [2.45, 2.75) is 39.6 Å². The van der Waals surface area contributed by atoms with Crippen molar-refractivity contribution in [3.63, 3.8) is 0 Å². The predicted octanol–water partition coefficient (Wildman–Crippen LogP) is 3.05. The highest BCUT2D eigenvalue weighted by atomic mass is 16.5. The molecule has 0 radical (unpaired) electrons. The Morgan fingerprint density at radius 3 is 2.54 bits per heavy atom. The van der Waals surface area contributed by atoms with Crippen molar-refractivity contribution in [3.8, 4) is 11.8 Å². The van der Waals surface area contributed by atoms with Gasteiger partial charge in [0, 0.05) is 13.1 Å². The Kier molecular flexibility index (Phi) is 4.72. The first-order valence-electron chi connectivity index (χ1n) is 8.05. The fourth-order valence-electron chi connectivity index (χ4n) is 2.83. The van der Waals surface area contributed by atoms with E-state index in [4.69, 9.17) is 13.9 Å². The molecule has 0 N–H and O–H groups in total. The van der Waals surface area contributed by atoms with Crippen molar-refractivity contribution >= 4 is 5.88 Å². The van der Waals surface area contributed by atoms with E-state index in [1.165, 1.54) is 5.56 Å². The van der Waals surface area contributed by atoms with E-state index >= 15 is 0 Å². The minimum absolute atomic E-state index is 0.0812. The van der Waals surface area contributed by atoms with Gasteiger partial charge in [0.05, 0.1) is 12.2 Å². The second kappa shape index (κ2) is 6.93. The maximum Gasteiger partial charge on any atom is 0.236 e. The summed E-state index contributed by atoms with van der Waals surface area (Å²) < 4.78 is 17.2. The summed E-state index contributed by atoms with van der Waals surface area (Å²) in [4.78, 5) is 6.26. The Labute approximate surface area is 141 Å². The number of anilines is 1. The summed E-state index contributed by atoms with van der Waals surface area (Å²) in [5.41, 5.74) is 1.46. The SMILES string of the molecule is Cc1ccc(OCc2nc(C#N)c(N3C[C@@H](C)O[C@@H](C)C3)o2)cc1. The first-order chi connectivity index (χ1) is 11.5. The molecular weight excluding hydrogens is 306 g/mol. The van der Waals surface area contributed by atoms with E-state index in [-0.39, 0.29) is 18.8 Å². The van der Waals surface area contributed by atoms with Gasteiger partial charge in [0.2, 0.25) is 17.5 Å². The average molecular weight is 327 g/mol. The molecule has 24 heavy (non-hydrogen) atoms. The van der Waals surface area contributed by atoms with Gasteiger partial charge in [-0.3, -0.25) is 0 Å². The van der Waals surface area contributed by atoms with E-state index in [9.17, 15) is 5.26 Å². The Morgan fingerprint density at radius 2 is 1.92 bits per heavy atom. The zero-order valence-electron chi connectivity index (χ0n) is 14.2. The van der Waals surface area contributed by atoms with Crippen LogP contribution in [0.15, 0.2) is 28.7 Å². The van der Waals surface area contributed by atoms with Gasteiger partial charge in [-0.15, -0.1) is 0 Å². The minimum Gasteiger partial charge on any atom is -0.484 e. The molecule has 0 saturated carbocycles. The number of hydrogen-bond acceptors (Lipinski definition) is 6. The van der Waals surface area contributed by atoms with E-state index in [0.717, 1.165) is 5.75 Å². The smallest absolute Gasteiger partial charge is 0.236 e. The molecule has 0 unspecified atom stereocenters. The van der Waals surface area contributed by atoms with Crippen LogP contribution in [0.3, 0.4) is 0 Å². The molecule has 3 rings (SSSR count). The number of ether oxygens (including phenoxy) is 2. The van der Waals surface area contributed by atoms with E-state index in [1.807, 2.05) is 49.9 Å². The fourth-order valence-corrected chi connectivity index (χ4v) is 2.83. The van der Waals surface area contributed by atoms with Crippen LogP contribution in [0.2, 0.25) is 0 Å². The maximum atomic E-state index is 9.34. The topological polar surface area (TPSA) is 71.5 Å². The number of nitriles is 1. The van der Waals surface area contributed by atoms with Crippen LogP contribution in [0.25, 0.3) is 0 Å².